The molecule has 0 atom stereocenters. The number of carboxylic acid groups (broad SMARTS) is 1. The summed E-state index contributed by atoms with van der Waals surface area (Å²) in [6.07, 6.45) is -0.835. The summed E-state index contributed by atoms with van der Waals surface area (Å²) in [7, 11) is 0. The quantitative estimate of drug-likeness (QED) is 0.878. The van der Waals surface area contributed by atoms with Crippen LogP contribution < -0.4 is 4.74 Å². The topological polar surface area (TPSA) is 84.7 Å². The van der Waals surface area contributed by atoms with Gasteiger partial charge >= 0.3 is 12.3 Å². The minimum absolute atomic E-state index is 0.00953. The maximum Gasteiger partial charge on any atom is 0.573 e. The lowest BCUT2D eigenvalue weighted by molar-refractivity contribution is -0.274. The van der Waals surface area contributed by atoms with E-state index in [1.165, 1.54) is 24.5 Å². The van der Waals surface area contributed by atoms with Crippen LogP contribution in [0.2, 0.25) is 0 Å². The third-order valence-electron chi connectivity index (χ3n) is 4.31. The van der Waals surface area contributed by atoms with Crippen molar-refractivity contribution in [2.75, 3.05) is 13.1 Å². The molecule has 2 heterocycles. The Hall–Kier alpha value is -3.04. The number of alkyl halides is 3. The predicted octanol–water partition coefficient (Wildman–Crippen LogP) is 2.96. The molecule has 0 saturated carbocycles. The van der Waals surface area contributed by atoms with Crippen molar-refractivity contribution in [3.63, 3.8) is 0 Å². The molecule has 10 heteroatoms. The van der Waals surface area contributed by atoms with E-state index in [1.807, 2.05) is 0 Å². The highest BCUT2D eigenvalue weighted by atomic mass is 19.4. The summed E-state index contributed by atoms with van der Waals surface area (Å²) in [5.41, 5.74) is 0.380. The van der Waals surface area contributed by atoms with Crippen molar-refractivity contribution < 1.29 is 32.6 Å². The predicted molar refractivity (Wildman–Crippen MR) is 86.5 cm³/mol. The van der Waals surface area contributed by atoms with Gasteiger partial charge in [-0.25, -0.2) is 4.79 Å². The number of benzene rings is 1. The van der Waals surface area contributed by atoms with Crippen molar-refractivity contribution in [1.29, 1.82) is 0 Å². The van der Waals surface area contributed by atoms with E-state index in [-0.39, 0.29) is 28.8 Å². The van der Waals surface area contributed by atoms with Crippen LogP contribution in [0.5, 0.6) is 5.75 Å². The first-order valence-corrected chi connectivity index (χ1v) is 8.15. The van der Waals surface area contributed by atoms with E-state index in [0.29, 0.717) is 25.9 Å². The number of ether oxygens (including phenoxy) is 1. The van der Waals surface area contributed by atoms with E-state index in [0.717, 1.165) is 12.1 Å². The lowest BCUT2D eigenvalue weighted by Gasteiger charge is -2.32. The maximum atomic E-state index is 12.5. The molecule has 0 bridgehead atoms. The molecule has 1 aromatic carbocycles. The second-order valence-electron chi connectivity index (χ2n) is 6.11. The molecule has 1 aliphatic rings. The molecule has 0 unspecified atom stereocenters. The average molecular weight is 383 g/mol. The summed E-state index contributed by atoms with van der Waals surface area (Å²) in [5.74, 6) is -1.71. The number of carbonyl (C=O) groups excluding carboxylic acids is 1. The van der Waals surface area contributed by atoms with Gasteiger partial charge in [-0.1, -0.05) is 0 Å². The van der Waals surface area contributed by atoms with Crippen LogP contribution in [0.25, 0.3) is 0 Å². The molecule has 7 nitrogen and oxygen atoms in total. The third kappa shape index (κ3) is 4.57. The molecule has 2 aromatic rings. The van der Waals surface area contributed by atoms with E-state index >= 15 is 0 Å². The zero-order chi connectivity index (χ0) is 19.6. The normalized spacial score (nSPS) is 15.6. The zero-order valence-electron chi connectivity index (χ0n) is 14.0. The summed E-state index contributed by atoms with van der Waals surface area (Å²) in [4.78, 5) is 25.0. The standard InChI is InChI=1S/C17H16F3N3O4/c18-17(19,20)27-14-3-1-11(2-4-14)15(24)22-7-5-13(6-8-22)23-10-12(9-21-23)16(25)26/h1-4,9-10,13H,5-8H2,(H,25,26). The molecule has 1 saturated heterocycles. The van der Waals surface area contributed by atoms with E-state index < -0.39 is 12.3 Å². The number of halogens is 3. The fraction of sp³-hybridized carbons (Fsp3) is 0.353. The molecule has 1 N–H and O–H groups in total. The Kier molecular flexibility index (Phi) is 5.06. The first-order valence-electron chi connectivity index (χ1n) is 8.15. The van der Waals surface area contributed by atoms with Gasteiger partial charge in [0.2, 0.25) is 0 Å². The van der Waals surface area contributed by atoms with Crippen molar-refractivity contribution >= 4 is 11.9 Å². The number of amides is 1. The largest absolute Gasteiger partial charge is 0.573 e. The van der Waals surface area contributed by atoms with Crippen molar-refractivity contribution in [3.8, 4) is 5.75 Å². The fourth-order valence-corrected chi connectivity index (χ4v) is 2.96. The molecule has 1 aromatic heterocycles. The Morgan fingerprint density at radius 2 is 1.74 bits per heavy atom. The van der Waals surface area contributed by atoms with Gasteiger partial charge in [0.05, 0.1) is 17.8 Å². The number of piperidine rings is 1. The molecule has 1 amide bonds. The van der Waals surface area contributed by atoms with Crippen LogP contribution in [0.15, 0.2) is 36.7 Å². The number of aromatic nitrogens is 2. The Balaban J connectivity index is 1.58. The molecule has 144 valence electrons. The Morgan fingerprint density at radius 1 is 1.11 bits per heavy atom. The highest BCUT2D eigenvalue weighted by Crippen LogP contribution is 2.25. The first kappa shape index (κ1) is 18.7. The highest BCUT2D eigenvalue weighted by molar-refractivity contribution is 5.94. The summed E-state index contributed by atoms with van der Waals surface area (Å²) in [6.45, 7) is 0.874. The number of likely N-dealkylation sites (tertiary alicyclic amines) is 1. The number of aromatic carboxylic acids is 1. The molecular weight excluding hydrogens is 367 g/mol. The van der Waals surface area contributed by atoms with Crippen molar-refractivity contribution in [2.45, 2.75) is 25.2 Å². The van der Waals surface area contributed by atoms with Crippen molar-refractivity contribution in [1.82, 2.24) is 14.7 Å². The van der Waals surface area contributed by atoms with Gasteiger partial charge in [0.25, 0.3) is 5.91 Å². The first-order chi connectivity index (χ1) is 12.7. The van der Waals surface area contributed by atoms with Gasteiger partial charge in [-0.3, -0.25) is 9.48 Å². The van der Waals surface area contributed by atoms with Crippen LogP contribution in [-0.4, -0.2) is 51.1 Å². The number of hydrogen-bond donors (Lipinski definition) is 1. The number of rotatable bonds is 4. The van der Waals surface area contributed by atoms with Gasteiger partial charge in [-0.15, -0.1) is 13.2 Å². The van der Waals surface area contributed by atoms with Gasteiger partial charge in [0.15, 0.2) is 0 Å². The molecule has 0 radical (unpaired) electrons. The third-order valence-corrected chi connectivity index (χ3v) is 4.31. The van der Waals surface area contributed by atoms with E-state index in [4.69, 9.17) is 5.11 Å². The molecular formula is C17H16F3N3O4. The molecule has 3 rings (SSSR count). The van der Waals surface area contributed by atoms with E-state index in [2.05, 4.69) is 9.84 Å². The van der Waals surface area contributed by atoms with Gasteiger partial charge in [0.1, 0.15) is 5.75 Å². The second-order valence-corrected chi connectivity index (χ2v) is 6.11. The van der Waals surface area contributed by atoms with Crippen molar-refractivity contribution in [2.24, 2.45) is 0 Å². The lowest BCUT2D eigenvalue weighted by Crippen LogP contribution is -2.39. The smallest absolute Gasteiger partial charge is 0.478 e. The number of carbonyl (C=O) groups is 2. The van der Waals surface area contributed by atoms with Crippen LogP contribution in [0.4, 0.5) is 13.2 Å². The summed E-state index contributed by atoms with van der Waals surface area (Å²) in [6, 6.07) is 4.78. The number of carboxylic acids is 1. The van der Waals surface area contributed by atoms with Crippen LogP contribution in [-0.2, 0) is 0 Å². The second kappa shape index (κ2) is 7.29. The van der Waals surface area contributed by atoms with E-state index in [9.17, 15) is 22.8 Å². The van der Waals surface area contributed by atoms with Gasteiger partial charge < -0.3 is 14.7 Å². The zero-order valence-corrected chi connectivity index (χ0v) is 14.0. The molecule has 27 heavy (non-hydrogen) atoms. The maximum absolute atomic E-state index is 12.5. The van der Waals surface area contributed by atoms with Crippen LogP contribution in [0, 0.1) is 0 Å². The summed E-state index contributed by atoms with van der Waals surface area (Å²) in [5, 5.41) is 13.0. The van der Waals surface area contributed by atoms with E-state index in [1.54, 1.807) is 9.58 Å². The monoisotopic (exact) mass is 383 g/mol. The minimum Gasteiger partial charge on any atom is -0.478 e. The Labute approximate surface area is 151 Å². The van der Waals surface area contributed by atoms with Crippen LogP contribution >= 0.6 is 0 Å². The highest BCUT2D eigenvalue weighted by Gasteiger charge is 2.31. The Bertz CT molecular complexity index is 825. The average Bonchev–Trinajstić information content (AvgIpc) is 3.11. The summed E-state index contributed by atoms with van der Waals surface area (Å²) >= 11 is 0. The van der Waals surface area contributed by atoms with Gasteiger partial charge in [-0.05, 0) is 37.1 Å². The Morgan fingerprint density at radius 3 is 2.26 bits per heavy atom. The molecule has 0 aliphatic carbocycles. The summed E-state index contributed by atoms with van der Waals surface area (Å²) < 4.78 is 41.9. The lowest BCUT2D eigenvalue weighted by atomic mass is 10.0. The van der Waals surface area contributed by atoms with Crippen LogP contribution in [0.3, 0.4) is 0 Å². The SMILES string of the molecule is O=C(O)c1cnn(C2CCN(C(=O)c3ccc(OC(F)(F)F)cc3)CC2)c1. The molecule has 0 spiro atoms. The number of hydrogen-bond acceptors (Lipinski definition) is 4. The molecule has 1 aliphatic heterocycles. The van der Waals surface area contributed by atoms with Gasteiger partial charge in [-0.2, -0.15) is 5.10 Å². The number of nitrogens with zero attached hydrogens (tertiary/aromatic N) is 3. The molecule has 1 fully saturated rings. The van der Waals surface area contributed by atoms with Crippen LogP contribution in [0.1, 0.15) is 39.6 Å². The fourth-order valence-electron chi connectivity index (χ4n) is 2.96. The van der Waals surface area contributed by atoms with Crippen molar-refractivity contribution in [3.05, 3.63) is 47.8 Å². The van der Waals surface area contributed by atoms with Gasteiger partial charge in [0, 0.05) is 24.8 Å². The minimum atomic E-state index is -4.78.